The van der Waals surface area contributed by atoms with E-state index in [4.69, 9.17) is 16.7 Å². The Balaban J connectivity index is 2.75. The summed E-state index contributed by atoms with van der Waals surface area (Å²) in [7, 11) is 0. The zero-order chi connectivity index (χ0) is 10.6. The summed E-state index contributed by atoms with van der Waals surface area (Å²) in [4.78, 5) is 15.3. The summed E-state index contributed by atoms with van der Waals surface area (Å²) in [5.41, 5.74) is 0.314. The van der Waals surface area contributed by atoms with Crippen LogP contribution in [0.3, 0.4) is 0 Å². The van der Waals surface area contributed by atoms with Gasteiger partial charge in [0.05, 0.1) is 17.2 Å². The average molecular weight is 215 g/mol. The SMILES string of the molecule is C[C@@H](CO)NC(=O)c1cnccc1Cl. The van der Waals surface area contributed by atoms with Gasteiger partial charge >= 0.3 is 0 Å². The fraction of sp³-hybridized carbons (Fsp3) is 0.333. The van der Waals surface area contributed by atoms with E-state index in [1.807, 2.05) is 0 Å². The van der Waals surface area contributed by atoms with Crippen LogP contribution in [-0.4, -0.2) is 28.6 Å². The molecule has 0 bridgehead atoms. The summed E-state index contributed by atoms with van der Waals surface area (Å²) in [6.07, 6.45) is 2.90. The van der Waals surface area contributed by atoms with Crippen LogP contribution in [0.5, 0.6) is 0 Å². The molecular formula is C9H11ClN2O2. The number of aliphatic hydroxyl groups is 1. The second-order valence-electron chi connectivity index (χ2n) is 2.91. The zero-order valence-corrected chi connectivity index (χ0v) is 8.45. The lowest BCUT2D eigenvalue weighted by Crippen LogP contribution is -2.35. The molecule has 0 saturated carbocycles. The third kappa shape index (κ3) is 2.68. The summed E-state index contributed by atoms with van der Waals surface area (Å²) >= 11 is 5.78. The van der Waals surface area contributed by atoms with E-state index in [0.29, 0.717) is 10.6 Å². The maximum Gasteiger partial charge on any atom is 0.254 e. The lowest BCUT2D eigenvalue weighted by molar-refractivity contribution is 0.0922. The Morgan fingerprint density at radius 3 is 3.07 bits per heavy atom. The third-order valence-corrected chi connectivity index (χ3v) is 1.99. The number of aliphatic hydroxyl groups excluding tert-OH is 1. The van der Waals surface area contributed by atoms with Crippen LogP contribution in [0.1, 0.15) is 17.3 Å². The van der Waals surface area contributed by atoms with Crippen molar-refractivity contribution in [2.45, 2.75) is 13.0 Å². The number of carbonyl (C=O) groups is 1. The first-order valence-electron chi connectivity index (χ1n) is 4.16. The van der Waals surface area contributed by atoms with E-state index < -0.39 is 0 Å². The molecule has 14 heavy (non-hydrogen) atoms. The molecule has 2 N–H and O–H groups in total. The fourth-order valence-electron chi connectivity index (χ4n) is 0.892. The molecule has 1 atom stereocenters. The number of hydrogen-bond donors (Lipinski definition) is 2. The molecule has 5 heteroatoms. The molecule has 1 aromatic heterocycles. The Morgan fingerprint density at radius 1 is 1.79 bits per heavy atom. The quantitative estimate of drug-likeness (QED) is 0.784. The lowest BCUT2D eigenvalue weighted by Gasteiger charge is -2.10. The first kappa shape index (κ1) is 10.9. The smallest absolute Gasteiger partial charge is 0.254 e. The van der Waals surface area contributed by atoms with Gasteiger partial charge in [-0.25, -0.2) is 0 Å². The highest BCUT2D eigenvalue weighted by atomic mass is 35.5. The fourth-order valence-corrected chi connectivity index (χ4v) is 1.08. The van der Waals surface area contributed by atoms with E-state index >= 15 is 0 Å². The van der Waals surface area contributed by atoms with E-state index in [0.717, 1.165) is 0 Å². The van der Waals surface area contributed by atoms with E-state index in [-0.39, 0.29) is 18.6 Å². The maximum atomic E-state index is 11.5. The summed E-state index contributed by atoms with van der Waals surface area (Å²) in [5.74, 6) is -0.329. The number of amides is 1. The highest BCUT2D eigenvalue weighted by molar-refractivity contribution is 6.33. The predicted octanol–water partition coefficient (Wildman–Crippen LogP) is 0.846. The van der Waals surface area contributed by atoms with E-state index in [9.17, 15) is 4.79 Å². The van der Waals surface area contributed by atoms with Crippen LogP contribution in [0, 0.1) is 0 Å². The second-order valence-corrected chi connectivity index (χ2v) is 3.32. The number of nitrogens with one attached hydrogen (secondary N) is 1. The van der Waals surface area contributed by atoms with Crippen molar-refractivity contribution in [1.82, 2.24) is 10.3 Å². The minimum Gasteiger partial charge on any atom is -0.394 e. The van der Waals surface area contributed by atoms with Gasteiger partial charge < -0.3 is 10.4 Å². The Hall–Kier alpha value is -1.13. The average Bonchev–Trinajstić information content (AvgIpc) is 2.18. The van der Waals surface area contributed by atoms with Crippen molar-refractivity contribution in [2.75, 3.05) is 6.61 Å². The summed E-state index contributed by atoms with van der Waals surface area (Å²) < 4.78 is 0. The molecule has 0 radical (unpaired) electrons. The molecule has 76 valence electrons. The highest BCUT2D eigenvalue weighted by Crippen LogP contribution is 2.12. The van der Waals surface area contributed by atoms with Crippen LogP contribution < -0.4 is 5.32 Å². The summed E-state index contributed by atoms with van der Waals surface area (Å²) in [6.45, 7) is 1.59. The monoisotopic (exact) mass is 214 g/mol. The molecule has 0 aliphatic heterocycles. The van der Waals surface area contributed by atoms with Crippen molar-refractivity contribution in [3.05, 3.63) is 29.0 Å². The van der Waals surface area contributed by atoms with Crippen molar-refractivity contribution in [3.8, 4) is 0 Å². The Bertz CT molecular complexity index is 330. The van der Waals surface area contributed by atoms with Crippen LogP contribution in [0.2, 0.25) is 5.02 Å². The van der Waals surface area contributed by atoms with Gasteiger partial charge in [-0.1, -0.05) is 11.6 Å². The van der Waals surface area contributed by atoms with Gasteiger partial charge in [-0.15, -0.1) is 0 Å². The topological polar surface area (TPSA) is 62.2 Å². The minimum atomic E-state index is -0.329. The Kier molecular flexibility index (Phi) is 3.85. The van der Waals surface area contributed by atoms with Gasteiger partial charge in [0.2, 0.25) is 0 Å². The van der Waals surface area contributed by atoms with E-state index in [1.54, 1.807) is 13.0 Å². The molecule has 0 aliphatic rings. The third-order valence-electron chi connectivity index (χ3n) is 1.66. The van der Waals surface area contributed by atoms with Gasteiger partial charge in [0.15, 0.2) is 0 Å². The van der Waals surface area contributed by atoms with Gasteiger partial charge in [-0.2, -0.15) is 0 Å². The molecule has 0 unspecified atom stereocenters. The molecule has 0 aromatic carbocycles. The van der Waals surface area contributed by atoms with Crippen LogP contribution in [0.4, 0.5) is 0 Å². The van der Waals surface area contributed by atoms with Crippen LogP contribution in [0.25, 0.3) is 0 Å². The van der Waals surface area contributed by atoms with Crippen molar-refractivity contribution < 1.29 is 9.90 Å². The number of carbonyl (C=O) groups excluding carboxylic acids is 1. The van der Waals surface area contributed by atoms with Gasteiger partial charge in [-0.3, -0.25) is 9.78 Å². The second kappa shape index (κ2) is 4.93. The van der Waals surface area contributed by atoms with Crippen molar-refractivity contribution in [3.63, 3.8) is 0 Å². The Labute approximate surface area is 86.9 Å². The normalized spacial score (nSPS) is 12.2. The molecular weight excluding hydrogens is 204 g/mol. The largest absolute Gasteiger partial charge is 0.394 e. The van der Waals surface area contributed by atoms with E-state index in [1.165, 1.54) is 12.4 Å². The summed E-state index contributed by atoms with van der Waals surface area (Å²) in [6, 6.07) is 1.25. The summed E-state index contributed by atoms with van der Waals surface area (Å²) in [5, 5.41) is 11.7. The molecule has 4 nitrogen and oxygen atoms in total. The molecule has 1 aromatic rings. The van der Waals surface area contributed by atoms with Crippen LogP contribution in [-0.2, 0) is 0 Å². The number of pyridine rings is 1. The molecule has 0 spiro atoms. The van der Waals surface area contributed by atoms with Crippen molar-refractivity contribution in [2.24, 2.45) is 0 Å². The first-order valence-corrected chi connectivity index (χ1v) is 4.54. The number of halogens is 1. The van der Waals surface area contributed by atoms with Crippen LogP contribution >= 0.6 is 11.6 Å². The first-order chi connectivity index (χ1) is 6.65. The van der Waals surface area contributed by atoms with Gasteiger partial charge in [0.1, 0.15) is 0 Å². The number of nitrogens with zero attached hydrogens (tertiary/aromatic N) is 1. The molecule has 1 amide bonds. The Morgan fingerprint density at radius 2 is 2.50 bits per heavy atom. The van der Waals surface area contributed by atoms with Gasteiger partial charge in [0.25, 0.3) is 5.91 Å². The maximum absolute atomic E-state index is 11.5. The molecule has 0 saturated heterocycles. The van der Waals surface area contributed by atoms with Gasteiger partial charge in [0, 0.05) is 18.4 Å². The molecule has 0 fully saturated rings. The van der Waals surface area contributed by atoms with E-state index in [2.05, 4.69) is 10.3 Å². The minimum absolute atomic E-state index is 0.108. The predicted molar refractivity (Wildman–Crippen MR) is 53.3 cm³/mol. The van der Waals surface area contributed by atoms with Crippen LogP contribution in [0.15, 0.2) is 18.5 Å². The lowest BCUT2D eigenvalue weighted by atomic mass is 10.2. The standard InChI is InChI=1S/C9H11ClN2O2/c1-6(5-13)12-9(14)7-4-11-3-2-8(7)10/h2-4,6,13H,5H2,1H3,(H,12,14)/t6-/m0/s1. The van der Waals surface area contributed by atoms with Gasteiger partial charge in [-0.05, 0) is 13.0 Å². The number of aromatic nitrogens is 1. The zero-order valence-electron chi connectivity index (χ0n) is 7.70. The highest BCUT2D eigenvalue weighted by Gasteiger charge is 2.11. The van der Waals surface area contributed by atoms with Crippen molar-refractivity contribution >= 4 is 17.5 Å². The molecule has 0 aliphatic carbocycles. The number of hydrogen-bond acceptors (Lipinski definition) is 3. The van der Waals surface area contributed by atoms with Crippen molar-refractivity contribution in [1.29, 1.82) is 0 Å². The molecule has 1 rings (SSSR count). The number of rotatable bonds is 3. The molecule has 1 heterocycles.